The lowest BCUT2D eigenvalue weighted by atomic mass is 10.0. The maximum atomic E-state index is 13.4. The van der Waals surface area contributed by atoms with Crippen LogP contribution in [-0.2, 0) is 6.18 Å². The predicted octanol–water partition coefficient (Wildman–Crippen LogP) is 5.45. The maximum absolute atomic E-state index is 13.4. The van der Waals surface area contributed by atoms with Crippen LogP contribution in [0.2, 0.25) is 0 Å². The molecule has 1 aliphatic heterocycles. The number of halogens is 3. The zero-order valence-corrected chi connectivity index (χ0v) is 22.9. The Balaban J connectivity index is 1.49. The summed E-state index contributed by atoms with van der Waals surface area (Å²) in [5, 5.41) is 14.3. The molecule has 0 aliphatic carbocycles. The highest BCUT2D eigenvalue weighted by molar-refractivity contribution is 5.96. The minimum atomic E-state index is -4.53. The van der Waals surface area contributed by atoms with Crippen LogP contribution in [0.25, 0.3) is 10.9 Å². The number of alkyl halides is 3. The Kier molecular flexibility index (Phi) is 6.97. The predicted molar refractivity (Wildman–Crippen MR) is 152 cm³/mol. The molecule has 13 heteroatoms. The van der Waals surface area contributed by atoms with Crippen molar-refractivity contribution in [3.05, 3.63) is 65.6 Å². The number of nitrogens with one attached hydrogen (secondary N) is 1. The van der Waals surface area contributed by atoms with E-state index in [-0.39, 0.29) is 17.6 Å². The van der Waals surface area contributed by atoms with E-state index < -0.39 is 17.8 Å². The molecule has 5 rings (SSSR count). The van der Waals surface area contributed by atoms with Gasteiger partial charge in [-0.2, -0.15) is 13.2 Å². The minimum Gasteiger partial charge on any atom is -0.492 e. The number of pyridine rings is 1. The molecule has 1 atom stereocenters. The molecule has 4 N–H and O–H groups in total. The van der Waals surface area contributed by atoms with Crippen molar-refractivity contribution in [2.45, 2.75) is 26.1 Å². The fourth-order valence-electron chi connectivity index (χ4n) is 4.77. The van der Waals surface area contributed by atoms with E-state index in [1.807, 2.05) is 30.1 Å². The van der Waals surface area contributed by atoms with Crippen LogP contribution in [0.3, 0.4) is 0 Å². The third kappa shape index (κ3) is 5.47. The van der Waals surface area contributed by atoms with Gasteiger partial charge in [0.1, 0.15) is 17.3 Å². The van der Waals surface area contributed by atoms with Crippen molar-refractivity contribution in [1.82, 2.24) is 19.9 Å². The van der Waals surface area contributed by atoms with Crippen molar-refractivity contribution in [3.8, 4) is 5.88 Å². The Hall–Kier alpha value is -4.81. The third-order valence-corrected chi connectivity index (χ3v) is 7.06. The summed E-state index contributed by atoms with van der Waals surface area (Å²) in [6.07, 6.45) is -3.03. The van der Waals surface area contributed by atoms with Gasteiger partial charge in [0.15, 0.2) is 0 Å². The lowest BCUT2D eigenvalue weighted by Crippen LogP contribution is -2.29. The SMILES string of the molecule is Cc1nc(N[C@H](C)c2cc(N)cc(C(F)(F)F)c2)c2cc(N(C)c3cnc(O)c(N4CCN(C)C4=O)c3)ccc2n1. The number of likely N-dealkylation sites (N-methyl/N-ethyl adjacent to an activating group) is 1. The van der Waals surface area contributed by atoms with Crippen molar-refractivity contribution in [2.75, 3.05) is 48.0 Å². The minimum absolute atomic E-state index is 0.0141. The standard InChI is InChI=1S/C28H29F3N8O2/c1-15(17-9-18(28(29,30)31)11-19(32)10-17)34-25-22-12-20(5-6-23(22)35-16(2)36-25)38(4)21-13-24(26(40)33-14-21)39-8-7-37(3)27(39)41/h5-6,9-15H,7-8,32H2,1-4H3,(H,33,40)(H,34,35,36)/t15-/m1/s1. The van der Waals surface area contributed by atoms with Crippen LogP contribution in [0.4, 0.5) is 46.5 Å². The lowest BCUT2D eigenvalue weighted by Gasteiger charge is -2.23. The number of nitrogens with zero attached hydrogens (tertiary/aromatic N) is 6. The first-order valence-electron chi connectivity index (χ1n) is 12.8. The van der Waals surface area contributed by atoms with Gasteiger partial charge in [-0.05, 0) is 61.9 Å². The maximum Gasteiger partial charge on any atom is 0.416 e. The molecule has 0 bridgehead atoms. The van der Waals surface area contributed by atoms with Gasteiger partial charge in [-0.25, -0.2) is 19.7 Å². The van der Waals surface area contributed by atoms with Crippen LogP contribution in [0.15, 0.2) is 48.7 Å². The number of nitrogens with two attached hydrogens (primary N) is 1. The molecule has 2 amide bonds. The smallest absolute Gasteiger partial charge is 0.416 e. The Morgan fingerprint density at radius 1 is 1.10 bits per heavy atom. The molecule has 2 aromatic carbocycles. The number of hydrogen-bond donors (Lipinski definition) is 3. The second-order valence-electron chi connectivity index (χ2n) is 10.0. The molecule has 0 spiro atoms. The topological polar surface area (TPSA) is 124 Å². The van der Waals surface area contributed by atoms with E-state index in [2.05, 4.69) is 20.3 Å². The van der Waals surface area contributed by atoms with Crippen LogP contribution >= 0.6 is 0 Å². The van der Waals surface area contributed by atoms with Crippen LogP contribution in [0.1, 0.15) is 29.9 Å². The van der Waals surface area contributed by atoms with E-state index in [9.17, 15) is 23.1 Å². The number of hydrogen-bond acceptors (Lipinski definition) is 8. The van der Waals surface area contributed by atoms with Crippen molar-refractivity contribution in [3.63, 3.8) is 0 Å². The number of rotatable bonds is 6. The molecule has 3 heterocycles. The molecule has 1 fully saturated rings. The number of aromatic nitrogens is 3. The van der Waals surface area contributed by atoms with E-state index in [0.29, 0.717) is 52.6 Å². The third-order valence-electron chi connectivity index (χ3n) is 7.06. The summed E-state index contributed by atoms with van der Waals surface area (Å²) in [6, 6.07) is 9.91. The number of aromatic hydroxyl groups is 1. The monoisotopic (exact) mass is 566 g/mol. The van der Waals surface area contributed by atoms with E-state index >= 15 is 0 Å². The summed E-state index contributed by atoms with van der Waals surface area (Å²) in [5.41, 5.74) is 7.63. The zero-order chi connectivity index (χ0) is 29.6. The summed E-state index contributed by atoms with van der Waals surface area (Å²) in [7, 11) is 3.50. The van der Waals surface area contributed by atoms with Crippen LogP contribution in [-0.4, -0.2) is 58.2 Å². The summed E-state index contributed by atoms with van der Waals surface area (Å²) < 4.78 is 40.2. The Labute approximate surface area is 234 Å². The Morgan fingerprint density at radius 3 is 2.54 bits per heavy atom. The number of amides is 2. The van der Waals surface area contributed by atoms with Crippen molar-refractivity contribution in [2.24, 2.45) is 0 Å². The largest absolute Gasteiger partial charge is 0.492 e. The van der Waals surface area contributed by atoms with Crippen LogP contribution in [0.5, 0.6) is 5.88 Å². The van der Waals surface area contributed by atoms with Gasteiger partial charge in [-0.15, -0.1) is 0 Å². The molecule has 0 unspecified atom stereocenters. The number of benzene rings is 2. The molecule has 4 aromatic rings. The van der Waals surface area contributed by atoms with Gasteiger partial charge in [0.05, 0.1) is 29.0 Å². The van der Waals surface area contributed by atoms with Crippen molar-refractivity contribution in [1.29, 1.82) is 0 Å². The quantitative estimate of drug-likeness (QED) is 0.263. The fourth-order valence-corrected chi connectivity index (χ4v) is 4.77. The molecule has 1 aliphatic rings. The van der Waals surface area contributed by atoms with Gasteiger partial charge < -0.3 is 26.0 Å². The lowest BCUT2D eigenvalue weighted by molar-refractivity contribution is -0.137. The second kappa shape index (κ2) is 10.3. The number of carbonyl (C=O) groups excluding carboxylic acids is 1. The first kappa shape index (κ1) is 27.7. The summed E-state index contributed by atoms with van der Waals surface area (Å²) in [5.74, 6) is 0.690. The van der Waals surface area contributed by atoms with Gasteiger partial charge in [-0.1, -0.05) is 0 Å². The van der Waals surface area contributed by atoms with E-state index in [1.165, 1.54) is 17.2 Å². The molecular formula is C28H29F3N8O2. The van der Waals surface area contributed by atoms with Gasteiger partial charge in [0.25, 0.3) is 0 Å². The highest BCUT2D eigenvalue weighted by Gasteiger charge is 2.32. The van der Waals surface area contributed by atoms with Crippen molar-refractivity contribution < 1.29 is 23.1 Å². The molecule has 10 nitrogen and oxygen atoms in total. The highest BCUT2D eigenvalue weighted by atomic mass is 19.4. The number of fused-ring (bicyclic) bond motifs is 1. The molecule has 0 radical (unpaired) electrons. The average Bonchev–Trinajstić information content (AvgIpc) is 3.25. The zero-order valence-electron chi connectivity index (χ0n) is 22.9. The normalized spacial score (nSPS) is 14.6. The van der Waals surface area contributed by atoms with Crippen LogP contribution in [0, 0.1) is 6.92 Å². The summed E-state index contributed by atoms with van der Waals surface area (Å²) in [4.78, 5) is 30.5. The number of urea groups is 1. The average molecular weight is 567 g/mol. The van der Waals surface area contributed by atoms with Gasteiger partial charge >= 0.3 is 12.2 Å². The molecule has 2 aromatic heterocycles. The molecule has 1 saturated heterocycles. The number of carbonyl (C=O) groups is 1. The van der Waals surface area contributed by atoms with Gasteiger partial charge in [0, 0.05) is 43.9 Å². The van der Waals surface area contributed by atoms with E-state index in [4.69, 9.17) is 5.73 Å². The Morgan fingerprint density at radius 2 is 1.85 bits per heavy atom. The second-order valence-corrected chi connectivity index (χ2v) is 10.0. The number of anilines is 5. The fraction of sp³-hybridized carbons (Fsp3) is 0.286. The van der Waals surface area contributed by atoms with Gasteiger partial charge in [-0.3, -0.25) is 4.90 Å². The summed E-state index contributed by atoms with van der Waals surface area (Å²) >= 11 is 0. The molecule has 0 saturated carbocycles. The van der Waals surface area contributed by atoms with Gasteiger partial charge in [0.2, 0.25) is 5.88 Å². The van der Waals surface area contributed by atoms with Crippen molar-refractivity contribution >= 4 is 45.5 Å². The molecular weight excluding hydrogens is 537 g/mol. The molecule has 214 valence electrons. The first-order valence-corrected chi connectivity index (χ1v) is 12.8. The highest BCUT2D eigenvalue weighted by Crippen LogP contribution is 2.37. The van der Waals surface area contributed by atoms with Crippen LogP contribution < -0.4 is 20.9 Å². The number of aryl methyl sites for hydroxylation is 1. The van der Waals surface area contributed by atoms with E-state index in [0.717, 1.165) is 17.8 Å². The summed E-state index contributed by atoms with van der Waals surface area (Å²) in [6.45, 7) is 4.42. The number of nitrogen functional groups attached to an aromatic ring is 1. The Bertz CT molecular complexity index is 1650. The molecule has 41 heavy (non-hydrogen) atoms. The van der Waals surface area contributed by atoms with E-state index in [1.54, 1.807) is 31.9 Å². The first-order chi connectivity index (χ1) is 19.3.